The minimum atomic E-state index is -0.175. The van der Waals surface area contributed by atoms with E-state index in [0.717, 1.165) is 15.3 Å². The van der Waals surface area contributed by atoms with Gasteiger partial charge < -0.3 is 15.5 Å². The topological polar surface area (TPSA) is 86.6 Å². The molecule has 3 N–H and O–H groups in total. The quantitative estimate of drug-likeness (QED) is 0.530. The molecule has 1 heterocycles. The van der Waals surface area contributed by atoms with Crippen molar-refractivity contribution in [2.24, 2.45) is 0 Å². The Hall–Kier alpha value is -2.34. The minimum absolute atomic E-state index is 0.00421. The van der Waals surface area contributed by atoms with E-state index in [-0.39, 0.29) is 36.0 Å². The fourth-order valence-electron chi connectivity index (χ4n) is 2.43. The molecule has 0 aliphatic heterocycles. The van der Waals surface area contributed by atoms with Crippen molar-refractivity contribution in [2.45, 2.75) is 33.1 Å². The molecule has 5 nitrogen and oxygen atoms in total. The first kappa shape index (κ1) is 18.0. The van der Waals surface area contributed by atoms with Gasteiger partial charge in [-0.25, -0.2) is 0 Å². The van der Waals surface area contributed by atoms with Gasteiger partial charge in [-0.1, -0.05) is 6.07 Å². The minimum Gasteiger partial charge on any atom is -0.504 e. The lowest BCUT2D eigenvalue weighted by molar-refractivity contribution is -0.121. The molecule has 2 rings (SSSR count). The summed E-state index contributed by atoms with van der Waals surface area (Å²) in [6.45, 7) is 4.29. The second kappa shape index (κ2) is 7.97. The second-order valence-corrected chi connectivity index (χ2v) is 7.13. The van der Waals surface area contributed by atoms with Crippen LogP contribution in [0.3, 0.4) is 0 Å². The molecule has 2 aromatic rings. The van der Waals surface area contributed by atoms with Crippen molar-refractivity contribution >= 4 is 23.0 Å². The van der Waals surface area contributed by atoms with Gasteiger partial charge in [0.15, 0.2) is 17.3 Å². The van der Waals surface area contributed by atoms with E-state index >= 15 is 0 Å². The lowest BCUT2D eigenvalue weighted by Gasteiger charge is -2.06. The highest BCUT2D eigenvalue weighted by Crippen LogP contribution is 2.25. The van der Waals surface area contributed by atoms with Crippen LogP contribution in [0.4, 0.5) is 0 Å². The van der Waals surface area contributed by atoms with Gasteiger partial charge in [0.25, 0.3) is 0 Å². The molecular formula is C18H21NO4S. The Bertz CT molecular complexity index is 751. The first-order valence-electron chi connectivity index (χ1n) is 7.74. The molecule has 24 heavy (non-hydrogen) atoms. The number of phenolic OH excluding ortho intramolecular Hbond substituents is 2. The summed E-state index contributed by atoms with van der Waals surface area (Å²) in [5.41, 5.74) is 1.52. The van der Waals surface area contributed by atoms with Crippen LogP contribution in [0.1, 0.15) is 38.5 Å². The fourth-order valence-corrected chi connectivity index (χ4v) is 3.37. The summed E-state index contributed by atoms with van der Waals surface area (Å²) in [5.74, 6) is -0.516. The third-order valence-electron chi connectivity index (χ3n) is 3.70. The zero-order chi connectivity index (χ0) is 17.7. The van der Waals surface area contributed by atoms with E-state index in [0.29, 0.717) is 18.5 Å². The van der Waals surface area contributed by atoms with Crippen LogP contribution in [0, 0.1) is 13.8 Å². The van der Waals surface area contributed by atoms with Crippen molar-refractivity contribution in [1.29, 1.82) is 0 Å². The molecule has 0 atom stereocenters. The van der Waals surface area contributed by atoms with E-state index in [2.05, 4.69) is 5.32 Å². The molecule has 0 aliphatic carbocycles. The Morgan fingerprint density at radius 3 is 2.46 bits per heavy atom. The Balaban J connectivity index is 1.74. The number of carbonyl (C=O) groups excluding carboxylic acids is 2. The Labute approximate surface area is 145 Å². The molecule has 1 aromatic carbocycles. The zero-order valence-electron chi connectivity index (χ0n) is 13.8. The van der Waals surface area contributed by atoms with Crippen molar-refractivity contribution in [3.8, 4) is 11.5 Å². The van der Waals surface area contributed by atoms with Crippen LogP contribution in [-0.4, -0.2) is 28.4 Å². The first-order valence-corrected chi connectivity index (χ1v) is 8.56. The van der Waals surface area contributed by atoms with E-state index < -0.39 is 0 Å². The van der Waals surface area contributed by atoms with E-state index in [9.17, 15) is 19.8 Å². The van der Waals surface area contributed by atoms with Crippen LogP contribution >= 0.6 is 11.3 Å². The fraction of sp³-hybridized carbons (Fsp3) is 0.333. The van der Waals surface area contributed by atoms with E-state index in [1.165, 1.54) is 12.1 Å². The number of aromatic hydroxyl groups is 2. The summed E-state index contributed by atoms with van der Waals surface area (Å²) in [6, 6.07) is 6.44. The van der Waals surface area contributed by atoms with Crippen LogP contribution in [0.5, 0.6) is 11.5 Å². The number of amides is 1. The molecule has 1 amide bonds. The average Bonchev–Trinajstić information content (AvgIpc) is 2.87. The SMILES string of the molecule is Cc1cc(C(=O)CCC(=O)NCCc2ccc(O)c(O)c2)c(C)s1. The van der Waals surface area contributed by atoms with Crippen molar-refractivity contribution < 1.29 is 19.8 Å². The normalized spacial score (nSPS) is 10.6. The van der Waals surface area contributed by atoms with Gasteiger partial charge in [-0.15, -0.1) is 11.3 Å². The summed E-state index contributed by atoms with van der Waals surface area (Å²) in [4.78, 5) is 26.0. The number of hydrogen-bond donors (Lipinski definition) is 3. The number of carbonyl (C=O) groups is 2. The predicted octanol–water partition coefficient (Wildman–Crippen LogP) is 3.10. The molecule has 0 aliphatic rings. The predicted molar refractivity (Wildman–Crippen MR) is 93.8 cm³/mol. The number of nitrogens with one attached hydrogen (secondary N) is 1. The monoisotopic (exact) mass is 347 g/mol. The first-order chi connectivity index (χ1) is 11.4. The van der Waals surface area contributed by atoms with Gasteiger partial charge in [-0.2, -0.15) is 0 Å². The highest BCUT2D eigenvalue weighted by Gasteiger charge is 2.13. The third kappa shape index (κ3) is 4.83. The number of aryl methyl sites for hydroxylation is 2. The highest BCUT2D eigenvalue weighted by molar-refractivity contribution is 7.12. The van der Waals surface area contributed by atoms with Crippen LogP contribution in [0.25, 0.3) is 0 Å². The molecule has 0 saturated carbocycles. The number of ketones is 1. The number of benzene rings is 1. The van der Waals surface area contributed by atoms with Crippen molar-refractivity contribution in [3.63, 3.8) is 0 Å². The number of thiophene rings is 1. The molecule has 0 bridgehead atoms. The summed E-state index contributed by atoms with van der Waals surface area (Å²) in [6.07, 6.45) is 0.896. The van der Waals surface area contributed by atoms with Crippen molar-refractivity contribution in [1.82, 2.24) is 5.32 Å². The molecule has 1 aromatic heterocycles. The van der Waals surface area contributed by atoms with E-state index in [1.54, 1.807) is 17.4 Å². The Kier molecular flexibility index (Phi) is 5.98. The summed E-state index contributed by atoms with van der Waals surface area (Å²) < 4.78 is 0. The maximum absolute atomic E-state index is 12.1. The Morgan fingerprint density at radius 1 is 1.08 bits per heavy atom. The largest absolute Gasteiger partial charge is 0.504 e. The van der Waals surface area contributed by atoms with Crippen LogP contribution in [0.2, 0.25) is 0 Å². The molecule has 0 fully saturated rings. The van der Waals surface area contributed by atoms with Gasteiger partial charge in [-0.05, 0) is 44.0 Å². The van der Waals surface area contributed by atoms with Crippen LogP contribution < -0.4 is 5.32 Å². The van der Waals surface area contributed by atoms with Gasteiger partial charge >= 0.3 is 0 Å². The maximum Gasteiger partial charge on any atom is 0.220 e. The summed E-state index contributed by atoms with van der Waals surface area (Å²) in [7, 11) is 0. The molecular weight excluding hydrogens is 326 g/mol. The molecule has 0 radical (unpaired) electrons. The molecule has 0 unspecified atom stereocenters. The average molecular weight is 347 g/mol. The van der Waals surface area contributed by atoms with Crippen LogP contribution in [0.15, 0.2) is 24.3 Å². The lowest BCUT2D eigenvalue weighted by atomic mass is 10.1. The maximum atomic E-state index is 12.1. The third-order valence-corrected chi connectivity index (χ3v) is 4.66. The van der Waals surface area contributed by atoms with E-state index in [4.69, 9.17) is 0 Å². The second-order valence-electron chi connectivity index (χ2n) is 5.67. The van der Waals surface area contributed by atoms with Gasteiger partial charge in [-0.3, -0.25) is 9.59 Å². The number of Topliss-reactive ketones (excluding diaryl/α,β-unsaturated/α-hetero) is 1. The highest BCUT2D eigenvalue weighted by atomic mass is 32.1. The standard InChI is InChI=1S/C18H21NO4S/c1-11-9-14(12(2)24-11)15(20)5-6-18(23)19-8-7-13-3-4-16(21)17(22)10-13/h3-4,9-10,21-22H,5-8H2,1-2H3,(H,19,23). The lowest BCUT2D eigenvalue weighted by Crippen LogP contribution is -2.26. The zero-order valence-corrected chi connectivity index (χ0v) is 14.6. The molecule has 0 spiro atoms. The van der Waals surface area contributed by atoms with Crippen molar-refractivity contribution in [3.05, 3.63) is 45.1 Å². The van der Waals surface area contributed by atoms with Crippen molar-refractivity contribution in [2.75, 3.05) is 6.54 Å². The molecule has 6 heteroatoms. The van der Waals surface area contributed by atoms with E-state index in [1.807, 2.05) is 19.9 Å². The number of phenols is 2. The molecule has 0 saturated heterocycles. The van der Waals surface area contributed by atoms with Gasteiger partial charge in [0.2, 0.25) is 5.91 Å². The Morgan fingerprint density at radius 2 is 1.83 bits per heavy atom. The smallest absolute Gasteiger partial charge is 0.220 e. The number of hydrogen-bond acceptors (Lipinski definition) is 5. The number of rotatable bonds is 7. The van der Waals surface area contributed by atoms with Gasteiger partial charge in [0.05, 0.1) is 0 Å². The molecule has 128 valence electrons. The summed E-state index contributed by atoms with van der Waals surface area (Å²) >= 11 is 1.59. The summed E-state index contributed by atoms with van der Waals surface area (Å²) in [5, 5.41) is 21.4. The van der Waals surface area contributed by atoms with Gasteiger partial charge in [0, 0.05) is 34.7 Å². The van der Waals surface area contributed by atoms with Gasteiger partial charge in [0.1, 0.15) is 0 Å². The van der Waals surface area contributed by atoms with Crippen LogP contribution in [-0.2, 0) is 11.2 Å².